The minimum absolute atomic E-state index is 0.666. The number of para-hydroxylation sites is 1. The molecule has 0 aliphatic rings. The molecule has 58 heavy (non-hydrogen) atoms. The van der Waals surface area contributed by atoms with Crippen LogP contribution in [0, 0.1) is 0 Å². The zero-order valence-corrected chi connectivity index (χ0v) is 31.5. The van der Waals surface area contributed by atoms with Crippen molar-refractivity contribution >= 4 is 32.8 Å². The van der Waals surface area contributed by atoms with Gasteiger partial charge >= 0.3 is 0 Å². The summed E-state index contributed by atoms with van der Waals surface area (Å²) in [6.07, 6.45) is 0. The summed E-state index contributed by atoms with van der Waals surface area (Å²) in [5.74, 6) is 1.54. The second-order valence-electron chi connectivity index (χ2n) is 14.5. The molecule has 4 heteroatoms. The summed E-state index contributed by atoms with van der Waals surface area (Å²) in [4.78, 5) is 10.4. The Balaban J connectivity index is 1.09. The first kappa shape index (κ1) is 33.5. The predicted molar refractivity (Wildman–Crippen MR) is 239 cm³/mol. The van der Waals surface area contributed by atoms with E-state index in [0.29, 0.717) is 5.82 Å². The molecule has 0 aliphatic carbocycles. The molecule has 0 radical (unpaired) electrons. The average molecular weight is 742 g/mol. The molecule has 272 valence electrons. The van der Waals surface area contributed by atoms with E-state index in [9.17, 15) is 0 Å². The maximum atomic E-state index is 7.01. The van der Waals surface area contributed by atoms with Gasteiger partial charge in [0.2, 0.25) is 0 Å². The van der Waals surface area contributed by atoms with E-state index in [1.807, 2.05) is 18.2 Å². The molecule has 0 saturated carbocycles. The molecule has 11 aromatic rings. The van der Waals surface area contributed by atoms with Gasteiger partial charge in [0.15, 0.2) is 5.82 Å². The van der Waals surface area contributed by atoms with Gasteiger partial charge in [-0.1, -0.05) is 176 Å². The zero-order valence-electron chi connectivity index (χ0n) is 31.5. The van der Waals surface area contributed by atoms with Gasteiger partial charge in [0, 0.05) is 44.3 Å². The maximum absolute atomic E-state index is 7.01. The Kier molecular flexibility index (Phi) is 8.11. The second kappa shape index (κ2) is 14.0. The van der Waals surface area contributed by atoms with E-state index in [0.717, 1.165) is 89.0 Å². The second-order valence-corrected chi connectivity index (χ2v) is 14.5. The van der Waals surface area contributed by atoms with Crippen LogP contribution in [-0.4, -0.2) is 14.5 Å². The molecule has 3 aromatic heterocycles. The number of aromatic nitrogens is 3. The smallest absolute Gasteiger partial charge is 0.160 e. The highest BCUT2D eigenvalue weighted by molar-refractivity contribution is 6.22. The predicted octanol–water partition coefficient (Wildman–Crippen LogP) is 14.3. The normalized spacial score (nSPS) is 11.4. The molecule has 0 atom stereocenters. The fourth-order valence-electron chi connectivity index (χ4n) is 8.30. The van der Waals surface area contributed by atoms with E-state index in [-0.39, 0.29) is 0 Å². The molecule has 0 spiro atoms. The van der Waals surface area contributed by atoms with Crippen LogP contribution < -0.4 is 0 Å². The molecule has 0 saturated heterocycles. The summed E-state index contributed by atoms with van der Waals surface area (Å²) in [7, 11) is 0. The lowest BCUT2D eigenvalue weighted by atomic mass is 9.98. The van der Waals surface area contributed by atoms with Gasteiger partial charge in [0.05, 0.1) is 27.8 Å². The van der Waals surface area contributed by atoms with E-state index in [1.165, 1.54) is 11.1 Å². The van der Waals surface area contributed by atoms with Crippen molar-refractivity contribution in [2.24, 2.45) is 0 Å². The minimum Gasteiger partial charge on any atom is -0.455 e. The molecule has 4 nitrogen and oxygen atoms in total. The number of hydrogen-bond donors (Lipinski definition) is 0. The van der Waals surface area contributed by atoms with Crippen molar-refractivity contribution in [2.45, 2.75) is 0 Å². The molecule has 0 N–H and O–H groups in total. The van der Waals surface area contributed by atoms with E-state index in [2.05, 4.69) is 199 Å². The van der Waals surface area contributed by atoms with Crippen molar-refractivity contribution < 1.29 is 4.42 Å². The summed E-state index contributed by atoms with van der Waals surface area (Å²) in [6, 6.07) is 74.1. The van der Waals surface area contributed by atoms with Crippen molar-refractivity contribution in [3.05, 3.63) is 212 Å². The molecule has 3 heterocycles. The molecule has 0 unspecified atom stereocenters. The Labute approximate surface area is 336 Å². The summed E-state index contributed by atoms with van der Waals surface area (Å²) >= 11 is 0. The highest BCUT2D eigenvalue weighted by Gasteiger charge is 2.23. The van der Waals surface area contributed by atoms with Gasteiger partial charge in [-0.25, -0.2) is 9.97 Å². The largest absolute Gasteiger partial charge is 0.455 e. The molecule has 0 aliphatic heterocycles. The van der Waals surface area contributed by atoms with Crippen molar-refractivity contribution in [1.29, 1.82) is 0 Å². The van der Waals surface area contributed by atoms with Gasteiger partial charge < -0.3 is 8.98 Å². The van der Waals surface area contributed by atoms with Crippen LogP contribution in [0.25, 0.3) is 106 Å². The molecular formula is C54H35N3O. The van der Waals surface area contributed by atoms with Crippen LogP contribution in [0.15, 0.2) is 217 Å². The Morgan fingerprint density at radius 3 is 1.59 bits per heavy atom. The third kappa shape index (κ3) is 5.78. The number of fused-ring (bicyclic) bond motifs is 5. The fraction of sp³-hybridized carbons (Fsp3) is 0. The van der Waals surface area contributed by atoms with Crippen molar-refractivity contribution in [3.8, 4) is 73.2 Å². The fourth-order valence-corrected chi connectivity index (χ4v) is 8.30. The number of hydrogen-bond acceptors (Lipinski definition) is 3. The summed E-state index contributed by atoms with van der Waals surface area (Å²) in [6.45, 7) is 0. The third-order valence-electron chi connectivity index (χ3n) is 11.0. The monoisotopic (exact) mass is 741 g/mol. The topological polar surface area (TPSA) is 43.9 Å². The van der Waals surface area contributed by atoms with Gasteiger partial charge in [0.25, 0.3) is 0 Å². The number of nitrogens with zero attached hydrogens (tertiary/aromatic N) is 3. The standard InChI is InChI=1S/C54H35N3O/c1-5-16-36(17-6-1)37-28-30-39(31-29-37)47-35-46(38-18-7-2-8-19-38)55-54(56-47)42-24-15-25-43(34-42)57-48-27-14-13-26-44(48)51-49(57)33-32-45-50(40-20-9-3-10-21-40)52(58-53(45)51)41-22-11-4-12-23-41/h1-35H. The lowest BCUT2D eigenvalue weighted by Crippen LogP contribution is -1.98. The summed E-state index contributed by atoms with van der Waals surface area (Å²) < 4.78 is 9.35. The molecule has 11 rings (SSSR count). The van der Waals surface area contributed by atoms with E-state index in [1.54, 1.807) is 0 Å². The van der Waals surface area contributed by atoms with E-state index >= 15 is 0 Å². The quantitative estimate of drug-likeness (QED) is 0.163. The summed E-state index contributed by atoms with van der Waals surface area (Å²) in [5, 5.41) is 3.30. The van der Waals surface area contributed by atoms with Crippen LogP contribution in [0.2, 0.25) is 0 Å². The highest BCUT2D eigenvalue weighted by Crippen LogP contribution is 2.46. The lowest BCUT2D eigenvalue weighted by molar-refractivity contribution is 0.636. The first-order chi connectivity index (χ1) is 28.8. The van der Waals surface area contributed by atoms with E-state index in [4.69, 9.17) is 14.4 Å². The van der Waals surface area contributed by atoms with Gasteiger partial charge in [-0.15, -0.1) is 0 Å². The molecule has 0 bridgehead atoms. The molecule has 0 fully saturated rings. The van der Waals surface area contributed by atoms with Crippen LogP contribution in [0.1, 0.15) is 0 Å². The van der Waals surface area contributed by atoms with Crippen LogP contribution in [-0.2, 0) is 0 Å². The van der Waals surface area contributed by atoms with Crippen molar-refractivity contribution in [3.63, 3.8) is 0 Å². The average Bonchev–Trinajstić information content (AvgIpc) is 3.87. The Bertz CT molecular complexity index is 3240. The molecule has 0 amide bonds. The minimum atomic E-state index is 0.666. The third-order valence-corrected chi connectivity index (χ3v) is 11.0. The number of furan rings is 1. The lowest BCUT2D eigenvalue weighted by Gasteiger charge is -2.12. The van der Waals surface area contributed by atoms with Gasteiger partial charge in [0.1, 0.15) is 11.3 Å². The Morgan fingerprint density at radius 2 is 0.897 bits per heavy atom. The van der Waals surface area contributed by atoms with Crippen molar-refractivity contribution in [2.75, 3.05) is 0 Å². The van der Waals surface area contributed by atoms with E-state index < -0.39 is 0 Å². The summed E-state index contributed by atoms with van der Waals surface area (Å²) in [5.41, 5.74) is 14.4. The SMILES string of the molecule is c1ccc(-c2ccc(-c3cc(-c4ccccc4)nc(-c4cccc(-n5c6ccccc6c6c7oc(-c8ccccc8)c(-c8ccccc8)c7ccc65)c4)n3)cc2)cc1. The molecular weight excluding hydrogens is 707 g/mol. The number of rotatable bonds is 7. The molecule has 8 aromatic carbocycles. The maximum Gasteiger partial charge on any atom is 0.160 e. The highest BCUT2D eigenvalue weighted by atomic mass is 16.3. The number of benzene rings is 8. The van der Waals surface area contributed by atoms with Crippen LogP contribution >= 0.6 is 0 Å². The first-order valence-electron chi connectivity index (χ1n) is 19.6. The Morgan fingerprint density at radius 1 is 0.362 bits per heavy atom. The van der Waals surface area contributed by atoms with Gasteiger partial charge in [-0.3, -0.25) is 0 Å². The first-order valence-corrected chi connectivity index (χ1v) is 19.6. The van der Waals surface area contributed by atoms with Gasteiger partial charge in [-0.05, 0) is 53.1 Å². The van der Waals surface area contributed by atoms with Crippen LogP contribution in [0.4, 0.5) is 0 Å². The zero-order chi connectivity index (χ0) is 38.4. The Hall–Kier alpha value is -7.82. The van der Waals surface area contributed by atoms with Crippen LogP contribution in [0.5, 0.6) is 0 Å². The van der Waals surface area contributed by atoms with Gasteiger partial charge in [-0.2, -0.15) is 0 Å². The van der Waals surface area contributed by atoms with Crippen molar-refractivity contribution in [1.82, 2.24) is 14.5 Å². The van der Waals surface area contributed by atoms with Crippen LogP contribution in [0.3, 0.4) is 0 Å².